The average molecular weight is 377 g/mol. The van der Waals surface area contributed by atoms with Crippen LogP contribution in [0, 0.1) is 0 Å². The Kier molecular flexibility index (Phi) is 4.90. The lowest BCUT2D eigenvalue weighted by atomic mass is 9.91. The Morgan fingerprint density at radius 2 is 1.54 bits per heavy atom. The molecule has 0 spiro atoms. The van der Waals surface area contributed by atoms with E-state index < -0.39 is 17.7 Å². The molecule has 0 bridgehead atoms. The minimum atomic E-state index is -0.649. The summed E-state index contributed by atoms with van der Waals surface area (Å²) >= 11 is 0. The maximum absolute atomic E-state index is 13.0. The zero-order valence-corrected chi connectivity index (χ0v) is 15.5. The van der Waals surface area contributed by atoms with Crippen LogP contribution in [0.15, 0.2) is 60.2 Å². The van der Waals surface area contributed by atoms with E-state index in [1.807, 2.05) is 6.07 Å². The third-order valence-corrected chi connectivity index (χ3v) is 5.70. The predicted octanol–water partition coefficient (Wildman–Crippen LogP) is 4.15. The molecule has 4 rings (SSSR count). The van der Waals surface area contributed by atoms with E-state index >= 15 is 0 Å². The van der Waals surface area contributed by atoms with Crippen molar-refractivity contribution in [3.05, 3.63) is 71.3 Å². The largest absolute Gasteiger partial charge is 0.508 e. The molecule has 1 aliphatic heterocycles. The van der Waals surface area contributed by atoms with Crippen molar-refractivity contribution in [2.75, 3.05) is 0 Å². The molecule has 2 aromatic rings. The Balaban J connectivity index is 1.86. The van der Waals surface area contributed by atoms with Crippen molar-refractivity contribution >= 4 is 17.4 Å². The van der Waals surface area contributed by atoms with Crippen molar-refractivity contribution < 1.29 is 19.8 Å². The molecule has 0 aromatic heterocycles. The van der Waals surface area contributed by atoms with Gasteiger partial charge in [-0.2, -0.15) is 0 Å². The number of nitrogens with zero attached hydrogens (tertiary/aromatic N) is 1. The lowest BCUT2D eigenvalue weighted by Gasteiger charge is -2.35. The summed E-state index contributed by atoms with van der Waals surface area (Å²) < 4.78 is 0. The fraction of sp³-hybridized carbons (Fsp3) is 0.304. The maximum atomic E-state index is 13.0. The van der Waals surface area contributed by atoms with Gasteiger partial charge in [-0.3, -0.25) is 9.59 Å². The van der Waals surface area contributed by atoms with Gasteiger partial charge in [0.05, 0.1) is 11.6 Å². The number of hydrogen-bond donors (Lipinski definition) is 2. The standard InChI is InChI=1S/C23H23NO4/c25-18-13-11-15(12-14-18)20-19(21(26)16-7-3-1-4-8-16)22(27)23(28)24(20)17-9-5-2-6-10-17/h1,3-4,7-8,11-14,17,20,25-26H,2,5-6,9-10H2/b21-19-. The molecule has 2 fully saturated rings. The highest BCUT2D eigenvalue weighted by Gasteiger charge is 2.48. The third-order valence-electron chi connectivity index (χ3n) is 5.70. The van der Waals surface area contributed by atoms with Gasteiger partial charge in [-0.15, -0.1) is 0 Å². The minimum absolute atomic E-state index is 0.0231. The molecule has 144 valence electrons. The molecular formula is C23H23NO4. The number of amides is 1. The molecule has 2 aromatic carbocycles. The number of aromatic hydroxyl groups is 1. The van der Waals surface area contributed by atoms with Gasteiger partial charge in [0.15, 0.2) is 0 Å². The number of benzene rings is 2. The Morgan fingerprint density at radius 3 is 2.18 bits per heavy atom. The van der Waals surface area contributed by atoms with E-state index in [9.17, 15) is 19.8 Å². The Bertz CT molecular complexity index is 911. The number of phenols is 1. The Hall–Kier alpha value is -3.08. The van der Waals surface area contributed by atoms with E-state index in [1.165, 1.54) is 0 Å². The molecule has 5 heteroatoms. The van der Waals surface area contributed by atoms with Crippen LogP contribution in [-0.4, -0.2) is 32.8 Å². The summed E-state index contributed by atoms with van der Waals surface area (Å²) in [4.78, 5) is 27.6. The Morgan fingerprint density at radius 1 is 0.893 bits per heavy atom. The van der Waals surface area contributed by atoms with Gasteiger partial charge in [-0.25, -0.2) is 0 Å². The maximum Gasteiger partial charge on any atom is 0.295 e. The van der Waals surface area contributed by atoms with Crippen LogP contribution in [0.25, 0.3) is 5.76 Å². The molecule has 1 aliphatic carbocycles. The van der Waals surface area contributed by atoms with Crippen LogP contribution >= 0.6 is 0 Å². The minimum Gasteiger partial charge on any atom is -0.508 e. The molecule has 1 amide bonds. The van der Waals surface area contributed by atoms with Crippen LogP contribution < -0.4 is 0 Å². The molecular weight excluding hydrogens is 354 g/mol. The highest BCUT2D eigenvalue weighted by molar-refractivity contribution is 6.46. The van der Waals surface area contributed by atoms with E-state index in [-0.39, 0.29) is 23.1 Å². The van der Waals surface area contributed by atoms with Gasteiger partial charge in [-0.05, 0) is 30.5 Å². The first kappa shape index (κ1) is 18.3. The number of aliphatic hydroxyl groups is 1. The summed E-state index contributed by atoms with van der Waals surface area (Å²) in [6.45, 7) is 0. The summed E-state index contributed by atoms with van der Waals surface area (Å²) in [5.41, 5.74) is 1.33. The third kappa shape index (κ3) is 3.17. The quantitative estimate of drug-likeness (QED) is 0.479. The highest BCUT2D eigenvalue weighted by Crippen LogP contribution is 2.43. The van der Waals surface area contributed by atoms with Crippen molar-refractivity contribution in [3.63, 3.8) is 0 Å². The molecule has 28 heavy (non-hydrogen) atoms. The number of ketones is 1. The lowest BCUT2D eigenvalue weighted by Crippen LogP contribution is -2.40. The highest BCUT2D eigenvalue weighted by atomic mass is 16.3. The first-order valence-electron chi connectivity index (χ1n) is 9.72. The summed E-state index contributed by atoms with van der Waals surface area (Å²) in [5.74, 6) is -1.25. The molecule has 1 saturated heterocycles. The summed E-state index contributed by atoms with van der Waals surface area (Å²) in [6.07, 6.45) is 4.89. The number of carbonyl (C=O) groups is 2. The Labute approximate surface area is 163 Å². The predicted molar refractivity (Wildman–Crippen MR) is 106 cm³/mol. The second-order valence-corrected chi connectivity index (χ2v) is 7.46. The van der Waals surface area contributed by atoms with Gasteiger partial charge in [0.25, 0.3) is 11.7 Å². The van der Waals surface area contributed by atoms with E-state index in [4.69, 9.17) is 0 Å². The van der Waals surface area contributed by atoms with Crippen LogP contribution in [0.1, 0.15) is 49.3 Å². The molecule has 1 atom stereocenters. The zero-order valence-electron chi connectivity index (χ0n) is 15.5. The number of aliphatic hydroxyl groups excluding tert-OH is 1. The number of phenolic OH excluding ortho intramolecular Hbond substituents is 1. The summed E-state index contributed by atoms with van der Waals surface area (Å²) in [7, 11) is 0. The molecule has 1 unspecified atom stereocenters. The first-order chi connectivity index (χ1) is 13.6. The normalized spacial score (nSPS) is 22.6. The van der Waals surface area contributed by atoms with Crippen molar-refractivity contribution in [1.29, 1.82) is 0 Å². The molecule has 1 heterocycles. The molecule has 2 N–H and O–H groups in total. The average Bonchev–Trinajstić information content (AvgIpc) is 3.00. The SMILES string of the molecule is O=C1C(=O)N(C2CCCCC2)C(c2ccc(O)cc2)/C1=C(/O)c1ccccc1. The second kappa shape index (κ2) is 7.50. The van der Waals surface area contributed by atoms with Gasteiger partial charge in [0, 0.05) is 11.6 Å². The monoisotopic (exact) mass is 377 g/mol. The number of carbonyl (C=O) groups excluding carboxylic acids is 2. The van der Waals surface area contributed by atoms with Gasteiger partial charge in [-0.1, -0.05) is 61.7 Å². The van der Waals surface area contributed by atoms with Crippen LogP contribution in [0.5, 0.6) is 5.75 Å². The van der Waals surface area contributed by atoms with Crippen LogP contribution in [-0.2, 0) is 9.59 Å². The molecule has 1 saturated carbocycles. The first-order valence-corrected chi connectivity index (χ1v) is 9.72. The van der Waals surface area contributed by atoms with Crippen LogP contribution in [0.4, 0.5) is 0 Å². The van der Waals surface area contributed by atoms with Crippen molar-refractivity contribution in [2.45, 2.75) is 44.2 Å². The van der Waals surface area contributed by atoms with Gasteiger partial charge < -0.3 is 15.1 Å². The zero-order chi connectivity index (χ0) is 19.7. The number of hydrogen-bond acceptors (Lipinski definition) is 4. The van der Waals surface area contributed by atoms with Crippen LogP contribution in [0.3, 0.4) is 0 Å². The summed E-state index contributed by atoms with van der Waals surface area (Å²) in [5, 5.41) is 20.6. The lowest BCUT2D eigenvalue weighted by molar-refractivity contribution is -0.141. The smallest absolute Gasteiger partial charge is 0.295 e. The number of rotatable bonds is 3. The van der Waals surface area contributed by atoms with Crippen LogP contribution in [0.2, 0.25) is 0 Å². The fourth-order valence-electron chi connectivity index (χ4n) is 4.32. The van der Waals surface area contributed by atoms with E-state index in [2.05, 4.69) is 0 Å². The van der Waals surface area contributed by atoms with Gasteiger partial charge >= 0.3 is 0 Å². The van der Waals surface area contributed by atoms with Gasteiger partial charge in [0.1, 0.15) is 11.5 Å². The number of Topliss-reactive ketones (excluding diaryl/α,β-unsaturated/α-hetero) is 1. The van der Waals surface area contributed by atoms with E-state index in [0.29, 0.717) is 11.1 Å². The van der Waals surface area contributed by atoms with Crippen molar-refractivity contribution in [2.24, 2.45) is 0 Å². The topological polar surface area (TPSA) is 77.8 Å². The summed E-state index contributed by atoms with van der Waals surface area (Å²) in [6, 6.07) is 14.7. The molecule has 2 aliphatic rings. The van der Waals surface area contributed by atoms with E-state index in [1.54, 1.807) is 53.4 Å². The van der Waals surface area contributed by atoms with Crippen molar-refractivity contribution in [1.82, 2.24) is 4.90 Å². The fourth-order valence-corrected chi connectivity index (χ4v) is 4.32. The second-order valence-electron chi connectivity index (χ2n) is 7.46. The molecule has 0 radical (unpaired) electrons. The molecule has 5 nitrogen and oxygen atoms in total. The number of likely N-dealkylation sites (tertiary alicyclic amines) is 1. The van der Waals surface area contributed by atoms with E-state index in [0.717, 1.165) is 32.1 Å². The van der Waals surface area contributed by atoms with Crippen molar-refractivity contribution in [3.8, 4) is 5.75 Å². The van der Waals surface area contributed by atoms with Gasteiger partial charge in [0.2, 0.25) is 0 Å².